The van der Waals surface area contributed by atoms with Crippen molar-refractivity contribution in [3.63, 3.8) is 0 Å². The van der Waals surface area contributed by atoms with E-state index >= 15 is 0 Å². The molecule has 0 unspecified atom stereocenters. The zero-order chi connectivity index (χ0) is 22.4. The summed E-state index contributed by atoms with van der Waals surface area (Å²) in [7, 11) is -3.85. The first-order valence-electron chi connectivity index (χ1n) is 11.0. The molecule has 0 radical (unpaired) electrons. The number of benzene rings is 2. The highest BCUT2D eigenvalue weighted by Crippen LogP contribution is 2.40. The Hall–Kier alpha value is -2.47. The fourth-order valence-electron chi connectivity index (χ4n) is 4.80. The second-order valence-corrected chi connectivity index (χ2v) is 11.3. The van der Waals surface area contributed by atoms with Crippen LogP contribution in [0.25, 0.3) is 0 Å². The van der Waals surface area contributed by atoms with E-state index in [4.69, 9.17) is 0 Å². The van der Waals surface area contributed by atoms with E-state index in [2.05, 4.69) is 26.1 Å². The van der Waals surface area contributed by atoms with Gasteiger partial charge in [-0.2, -0.15) is 0 Å². The first-order chi connectivity index (χ1) is 14.6. The van der Waals surface area contributed by atoms with Gasteiger partial charge in [0.25, 0.3) is 5.91 Å². The van der Waals surface area contributed by atoms with Gasteiger partial charge in [0, 0.05) is 22.7 Å². The first kappa shape index (κ1) is 21.8. The van der Waals surface area contributed by atoms with Gasteiger partial charge in [0.15, 0.2) is 5.78 Å². The van der Waals surface area contributed by atoms with E-state index in [0.717, 1.165) is 32.1 Å². The number of fused-ring (bicyclic) bond motifs is 2. The summed E-state index contributed by atoms with van der Waals surface area (Å²) in [4.78, 5) is 25.6. The lowest BCUT2D eigenvalue weighted by atomic mass is 9.69. The van der Waals surface area contributed by atoms with Crippen molar-refractivity contribution in [1.82, 2.24) is 5.32 Å². The zero-order valence-electron chi connectivity index (χ0n) is 18.3. The summed E-state index contributed by atoms with van der Waals surface area (Å²) in [6.45, 7) is 6.84. The van der Waals surface area contributed by atoms with Crippen molar-refractivity contribution < 1.29 is 18.0 Å². The minimum absolute atomic E-state index is 0.00178. The summed E-state index contributed by atoms with van der Waals surface area (Å²) in [5.74, 6) is 0.0392. The van der Waals surface area contributed by atoms with Gasteiger partial charge in [-0.1, -0.05) is 39.3 Å². The average molecular weight is 440 g/mol. The Balaban J connectivity index is 1.53. The molecule has 6 heteroatoms. The van der Waals surface area contributed by atoms with Gasteiger partial charge in [-0.05, 0) is 67.3 Å². The SMILES string of the molecule is CCC(C)(C)C1CCC(NC(=O)c2ccc3c(c2)S(=O)(=O)c2ccccc2C3=O)CC1. The van der Waals surface area contributed by atoms with Crippen molar-refractivity contribution in [2.24, 2.45) is 11.3 Å². The number of nitrogens with one attached hydrogen (secondary N) is 1. The van der Waals surface area contributed by atoms with Gasteiger partial charge in [-0.15, -0.1) is 0 Å². The van der Waals surface area contributed by atoms with Crippen LogP contribution in [0.4, 0.5) is 0 Å². The highest BCUT2D eigenvalue weighted by Gasteiger charge is 2.36. The Morgan fingerprint density at radius 1 is 1.00 bits per heavy atom. The molecule has 2 aromatic carbocycles. The highest BCUT2D eigenvalue weighted by molar-refractivity contribution is 7.91. The first-order valence-corrected chi connectivity index (χ1v) is 12.5. The van der Waals surface area contributed by atoms with Crippen LogP contribution >= 0.6 is 0 Å². The molecular formula is C25H29NO4S. The van der Waals surface area contributed by atoms with E-state index < -0.39 is 9.84 Å². The standard InChI is InChI=1S/C25H29NO4S/c1-4-25(2,3)17-10-12-18(13-11-17)26-24(28)16-9-14-20-22(15-16)31(29,30)21-8-6-5-7-19(21)23(20)27/h5-9,14-15,17-18H,4,10-13H2,1-3H3,(H,26,28). The number of sulfone groups is 1. The summed E-state index contributed by atoms with van der Waals surface area (Å²) in [5.41, 5.74) is 0.882. The Morgan fingerprint density at radius 2 is 1.65 bits per heavy atom. The predicted octanol–water partition coefficient (Wildman–Crippen LogP) is 4.79. The topological polar surface area (TPSA) is 80.3 Å². The minimum atomic E-state index is -3.85. The lowest BCUT2D eigenvalue weighted by Gasteiger charge is -2.39. The third kappa shape index (κ3) is 3.82. The molecule has 1 aliphatic heterocycles. The number of rotatable bonds is 4. The van der Waals surface area contributed by atoms with Crippen LogP contribution in [0.1, 0.15) is 79.2 Å². The summed E-state index contributed by atoms with van der Waals surface area (Å²) in [5, 5.41) is 3.07. The number of ketones is 1. The average Bonchev–Trinajstić information content (AvgIpc) is 2.78. The number of amides is 1. The quantitative estimate of drug-likeness (QED) is 0.634. The molecule has 2 aliphatic rings. The third-order valence-electron chi connectivity index (χ3n) is 7.28. The number of carbonyl (C=O) groups excluding carboxylic acids is 2. The van der Waals surface area contributed by atoms with E-state index in [1.165, 1.54) is 24.3 Å². The predicted molar refractivity (Wildman–Crippen MR) is 119 cm³/mol. The molecule has 164 valence electrons. The Kier molecular flexibility index (Phi) is 5.54. The highest BCUT2D eigenvalue weighted by atomic mass is 32.2. The monoisotopic (exact) mass is 439 g/mol. The molecule has 0 atom stereocenters. The summed E-state index contributed by atoms with van der Waals surface area (Å²) < 4.78 is 26.2. The molecule has 1 saturated carbocycles. The van der Waals surface area contributed by atoms with E-state index in [-0.39, 0.29) is 44.2 Å². The molecule has 4 rings (SSSR count). The smallest absolute Gasteiger partial charge is 0.251 e. The van der Waals surface area contributed by atoms with Crippen LogP contribution in [0.3, 0.4) is 0 Å². The van der Waals surface area contributed by atoms with E-state index in [0.29, 0.717) is 11.3 Å². The lowest BCUT2D eigenvalue weighted by Crippen LogP contribution is -2.40. The van der Waals surface area contributed by atoms with Gasteiger partial charge >= 0.3 is 0 Å². The van der Waals surface area contributed by atoms with Crippen molar-refractivity contribution in [1.29, 1.82) is 0 Å². The van der Waals surface area contributed by atoms with Crippen molar-refractivity contribution in [2.45, 2.75) is 68.7 Å². The Morgan fingerprint density at radius 3 is 2.32 bits per heavy atom. The summed E-state index contributed by atoms with van der Waals surface area (Å²) in [6.07, 6.45) is 5.15. The lowest BCUT2D eigenvalue weighted by molar-refractivity contribution is 0.0892. The normalized spacial score (nSPS) is 22.4. The molecule has 31 heavy (non-hydrogen) atoms. The van der Waals surface area contributed by atoms with Gasteiger partial charge in [-0.3, -0.25) is 9.59 Å². The molecule has 1 aliphatic carbocycles. The molecule has 0 saturated heterocycles. The fourth-order valence-corrected chi connectivity index (χ4v) is 6.48. The van der Waals surface area contributed by atoms with E-state index in [1.807, 2.05) is 0 Å². The second kappa shape index (κ2) is 7.90. The molecule has 2 aromatic rings. The van der Waals surface area contributed by atoms with Crippen LogP contribution in [-0.2, 0) is 9.84 Å². The molecule has 1 amide bonds. The maximum Gasteiger partial charge on any atom is 0.251 e. The van der Waals surface area contributed by atoms with Crippen LogP contribution in [0, 0.1) is 11.3 Å². The molecular weight excluding hydrogens is 410 g/mol. The largest absolute Gasteiger partial charge is 0.349 e. The Labute approximate surface area is 184 Å². The van der Waals surface area contributed by atoms with Crippen LogP contribution in [-0.4, -0.2) is 26.2 Å². The van der Waals surface area contributed by atoms with Crippen molar-refractivity contribution in [3.8, 4) is 0 Å². The van der Waals surface area contributed by atoms with Gasteiger partial charge < -0.3 is 5.32 Å². The van der Waals surface area contributed by atoms with Crippen molar-refractivity contribution in [3.05, 3.63) is 59.2 Å². The maximum absolute atomic E-state index is 13.1. The number of hydrogen-bond donors (Lipinski definition) is 1. The van der Waals surface area contributed by atoms with Crippen molar-refractivity contribution >= 4 is 21.5 Å². The van der Waals surface area contributed by atoms with Crippen LogP contribution < -0.4 is 5.32 Å². The van der Waals surface area contributed by atoms with Gasteiger partial charge in [0.1, 0.15) is 0 Å². The third-order valence-corrected chi connectivity index (χ3v) is 9.13. The molecule has 0 bridgehead atoms. The molecule has 1 heterocycles. The molecule has 1 fully saturated rings. The zero-order valence-corrected chi connectivity index (χ0v) is 19.1. The molecule has 5 nitrogen and oxygen atoms in total. The minimum Gasteiger partial charge on any atom is -0.349 e. The summed E-state index contributed by atoms with van der Waals surface area (Å²) in [6, 6.07) is 10.6. The molecule has 0 aromatic heterocycles. The van der Waals surface area contributed by atoms with Crippen molar-refractivity contribution in [2.75, 3.05) is 0 Å². The molecule has 0 spiro atoms. The number of hydrogen-bond acceptors (Lipinski definition) is 4. The maximum atomic E-state index is 13.1. The van der Waals surface area contributed by atoms with Gasteiger partial charge in [-0.25, -0.2) is 8.42 Å². The van der Waals surface area contributed by atoms with E-state index in [1.54, 1.807) is 18.2 Å². The van der Waals surface area contributed by atoms with Gasteiger partial charge in [0.2, 0.25) is 9.84 Å². The fraction of sp³-hybridized carbons (Fsp3) is 0.440. The molecule has 1 N–H and O–H groups in total. The second-order valence-electron chi connectivity index (χ2n) is 9.40. The van der Waals surface area contributed by atoms with Crippen LogP contribution in [0.2, 0.25) is 0 Å². The van der Waals surface area contributed by atoms with Crippen LogP contribution in [0.5, 0.6) is 0 Å². The summed E-state index contributed by atoms with van der Waals surface area (Å²) >= 11 is 0. The number of carbonyl (C=O) groups is 2. The van der Waals surface area contributed by atoms with Gasteiger partial charge in [0.05, 0.1) is 9.79 Å². The van der Waals surface area contributed by atoms with Crippen LogP contribution in [0.15, 0.2) is 52.3 Å². The van der Waals surface area contributed by atoms with E-state index in [9.17, 15) is 18.0 Å². The Bertz CT molecular complexity index is 1140.